The normalized spacial score (nSPS) is 11.0. The minimum absolute atomic E-state index is 0.0619. The van der Waals surface area contributed by atoms with Gasteiger partial charge in [0.25, 0.3) is 17.3 Å². The van der Waals surface area contributed by atoms with Crippen LogP contribution in [0, 0.1) is 31.6 Å². The molecule has 1 heterocycles. The van der Waals surface area contributed by atoms with E-state index in [2.05, 4.69) is 21.2 Å². The molecule has 0 aliphatic rings. The number of hydrogen-bond acceptors (Lipinski definition) is 7. The minimum atomic E-state index is -0.794. The number of amides is 1. The molecule has 32 heavy (non-hydrogen) atoms. The van der Waals surface area contributed by atoms with Crippen LogP contribution in [-0.2, 0) is 4.79 Å². The second-order valence-corrected chi connectivity index (χ2v) is 7.43. The van der Waals surface area contributed by atoms with Gasteiger partial charge in [-0.3, -0.25) is 25.0 Å². The van der Waals surface area contributed by atoms with Gasteiger partial charge in [-0.15, -0.1) is 0 Å². The number of hydrogen-bond donors (Lipinski definition) is 1. The molecule has 0 aliphatic heterocycles. The molecule has 160 valence electrons. The lowest BCUT2D eigenvalue weighted by atomic mass is 10.1. The second-order valence-electron chi connectivity index (χ2n) is 6.17. The van der Waals surface area contributed by atoms with Gasteiger partial charge >= 0.3 is 0 Å². The molecule has 1 amide bonds. The summed E-state index contributed by atoms with van der Waals surface area (Å²) in [5.74, 6) is -0.251. The highest BCUT2D eigenvalue weighted by Crippen LogP contribution is 2.33. The zero-order chi connectivity index (χ0) is 23.4. The zero-order valence-electron chi connectivity index (χ0n) is 15.7. The number of nitriles is 1. The molecule has 1 aromatic heterocycles. The fraction of sp³-hybridized carbons (Fsp3) is 0. The van der Waals surface area contributed by atoms with Crippen LogP contribution in [-0.4, -0.2) is 15.8 Å². The van der Waals surface area contributed by atoms with Gasteiger partial charge in [-0.05, 0) is 40.2 Å². The Balaban J connectivity index is 1.82. The number of nitrogens with one attached hydrogen (secondary N) is 1. The third kappa shape index (κ3) is 5.00. The Hall–Kier alpha value is -4.01. The summed E-state index contributed by atoms with van der Waals surface area (Å²) in [5.41, 5.74) is -0.0115. The fourth-order valence-corrected chi connectivity index (χ4v) is 3.38. The van der Waals surface area contributed by atoms with E-state index in [1.165, 1.54) is 36.4 Å². The maximum absolute atomic E-state index is 12.4. The van der Waals surface area contributed by atoms with Crippen LogP contribution in [0.15, 0.2) is 63.0 Å². The quantitative estimate of drug-likeness (QED) is 0.190. The van der Waals surface area contributed by atoms with E-state index >= 15 is 0 Å². The van der Waals surface area contributed by atoms with Gasteiger partial charge in [0.2, 0.25) is 0 Å². The molecule has 3 aromatic rings. The number of benzene rings is 2. The van der Waals surface area contributed by atoms with Crippen LogP contribution in [0.1, 0.15) is 5.76 Å². The lowest BCUT2D eigenvalue weighted by Gasteiger charge is -2.06. The Labute approximate surface area is 193 Å². The summed E-state index contributed by atoms with van der Waals surface area (Å²) in [5, 5.41) is 33.4. The average molecular weight is 518 g/mol. The fourth-order valence-electron chi connectivity index (χ4n) is 2.59. The van der Waals surface area contributed by atoms with E-state index in [1.54, 1.807) is 12.1 Å². The molecule has 0 atom stereocenters. The summed E-state index contributed by atoms with van der Waals surface area (Å²) in [6, 6.07) is 12.5. The Bertz CT molecular complexity index is 1330. The first-order valence-corrected chi connectivity index (χ1v) is 9.78. The van der Waals surface area contributed by atoms with E-state index in [-0.39, 0.29) is 33.4 Å². The van der Waals surface area contributed by atoms with Gasteiger partial charge in [0.1, 0.15) is 23.2 Å². The topological polar surface area (TPSA) is 152 Å². The van der Waals surface area contributed by atoms with Crippen molar-refractivity contribution in [2.45, 2.75) is 0 Å². The number of halogens is 2. The van der Waals surface area contributed by atoms with Crippen molar-refractivity contribution in [2.24, 2.45) is 0 Å². The number of furan rings is 1. The van der Waals surface area contributed by atoms with Gasteiger partial charge in [0, 0.05) is 40.4 Å². The molecule has 12 heteroatoms. The van der Waals surface area contributed by atoms with E-state index in [9.17, 15) is 30.3 Å². The van der Waals surface area contributed by atoms with Gasteiger partial charge < -0.3 is 9.73 Å². The molecule has 0 radical (unpaired) electrons. The number of carbonyl (C=O) groups excluding carboxylic acids is 1. The van der Waals surface area contributed by atoms with Crippen molar-refractivity contribution >= 4 is 56.6 Å². The molecule has 0 saturated carbocycles. The number of nitro groups is 2. The largest absolute Gasteiger partial charge is 0.457 e. The maximum Gasteiger partial charge on any atom is 0.271 e. The van der Waals surface area contributed by atoms with Crippen molar-refractivity contribution in [3.05, 3.63) is 89.6 Å². The zero-order valence-corrected chi connectivity index (χ0v) is 18.1. The van der Waals surface area contributed by atoms with Crippen molar-refractivity contribution < 1.29 is 19.1 Å². The molecular weight excluding hydrogens is 508 g/mol. The SMILES string of the molecule is N#CC(=Cc1ccc(-c2ccc([N+](=O)[O-])cc2Br)o1)C(=O)Nc1ccc([N+](=O)[O-])cc1Cl. The summed E-state index contributed by atoms with van der Waals surface area (Å²) < 4.78 is 6.07. The number of non-ortho nitro benzene ring substituents is 2. The first kappa shape index (κ1) is 22.7. The van der Waals surface area contributed by atoms with Crippen molar-refractivity contribution in [3.63, 3.8) is 0 Å². The highest BCUT2D eigenvalue weighted by molar-refractivity contribution is 9.10. The number of nitrogens with zero attached hydrogens (tertiary/aromatic N) is 3. The van der Waals surface area contributed by atoms with Crippen molar-refractivity contribution in [1.82, 2.24) is 0 Å². The van der Waals surface area contributed by atoms with Crippen molar-refractivity contribution in [3.8, 4) is 17.4 Å². The Kier molecular flexibility index (Phi) is 6.67. The molecule has 0 spiro atoms. The predicted molar refractivity (Wildman–Crippen MR) is 119 cm³/mol. The third-order valence-corrected chi connectivity index (χ3v) is 5.09. The van der Waals surface area contributed by atoms with Crippen LogP contribution in [0.2, 0.25) is 5.02 Å². The number of rotatable bonds is 6. The van der Waals surface area contributed by atoms with Gasteiger partial charge in [-0.2, -0.15) is 5.26 Å². The van der Waals surface area contributed by atoms with E-state index in [1.807, 2.05) is 0 Å². The molecule has 0 bridgehead atoms. The first-order valence-electron chi connectivity index (χ1n) is 8.61. The Morgan fingerprint density at radius 1 is 1.09 bits per heavy atom. The lowest BCUT2D eigenvalue weighted by Crippen LogP contribution is -2.13. The van der Waals surface area contributed by atoms with Gasteiger partial charge in [0.15, 0.2) is 0 Å². The van der Waals surface area contributed by atoms with Crippen LogP contribution < -0.4 is 5.32 Å². The van der Waals surface area contributed by atoms with E-state index < -0.39 is 15.8 Å². The molecule has 2 aromatic carbocycles. The molecule has 1 N–H and O–H groups in total. The summed E-state index contributed by atoms with van der Waals surface area (Å²) in [6.07, 6.45) is 1.21. The number of anilines is 1. The van der Waals surface area contributed by atoms with Crippen LogP contribution in [0.3, 0.4) is 0 Å². The summed E-state index contributed by atoms with van der Waals surface area (Å²) in [7, 11) is 0. The van der Waals surface area contributed by atoms with E-state index in [4.69, 9.17) is 16.0 Å². The molecule has 10 nitrogen and oxygen atoms in total. The van der Waals surface area contributed by atoms with Crippen LogP contribution in [0.25, 0.3) is 17.4 Å². The molecule has 0 unspecified atom stereocenters. The lowest BCUT2D eigenvalue weighted by molar-refractivity contribution is -0.385. The van der Waals surface area contributed by atoms with Gasteiger partial charge in [-0.1, -0.05) is 11.6 Å². The minimum Gasteiger partial charge on any atom is -0.457 e. The number of carbonyl (C=O) groups is 1. The smallest absolute Gasteiger partial charge is 0.271 e. The standard InChI is InChI=1S/C20H10BrClN4O6/c21-16-8-12(25(28)29)1-4-15(16)19-6-3-14(32-19)7-11(10-23)20(27)24-18-5-2-13(26(30)31)9-17(18)22/h1-9H,(H,24,27). The van der Waals surface area contributed by atoms with Crippen molar-refractivity contribution in [2.75, 3.05) is 5.32 Å². The molecular formula is C20H10BrClN4O6. The third-order valence-electron chi connectivity index (χ3n) is 4.12. The van der Waals surface area contributed by atoms with E-state index in [0.29, 0.717) is 15.8 Å². The Morgan fingerprint density at radius 2 is 1.75 bits per heavy atom. The number of nitro benzene ring substituents is 2. The van der Waals surface area contributed by atoms with Gasteiger partial charge in [0.05, 0.1) is 20.6 Å². The molecule has 0 aliphatic carbocycles. The van der Waals surface area contributed by atoms with Crippen LogP contribution in [0.5, 0.6) is 0 Å². The summed E-state index contributed by atoms with van der Waals surface area (Å²) in [4.78, 5) is 32.9. The molecule has 0 saturated heterocycles. The maximum atomic E-state index is 12.4. The summed E-state index contributed by atoms with van der Waals surface area (Å²) in [6.45, 7) is 0. The Morgan fingerprint density at radius 3 is 2.34 bits per heavy atom. The van der Waals surface area contributed by atoms with Crippen LogP contribution in [0.4, 0.5) is 17.1 Å². The van der Waals surface area contributed by atoms with Gasteiger partial charge in [-0.25, -0.2) is 0 Å². The molecule has 0 fully saturated rings. The highest BCUT2D eigenvalue weighted by Gasteiger charge is 2.16. The summed E-state index contributed by atoms with van der Waals surface area (Å²) >= 11 is 9.21. The van der Waals surface area contributed by atoms with E-state index in [0.717, 1.165) is 12.1 Å². The van der Waals surface area contributed by atoms with Crippen LogP contribution >= 0.6 is 27.5 Å². The second kappa shape index (κ2) is 9.42. The van der Waals surface area contributed by atoms with Crippen molar-refractivity contribution in [1.29, 1.82) is 5.26 Å². The monoisotopic (exact) mass is 516 g/mol. The first-order chi connectivity index (χ1) is 15.2. The predicted octanol–water partition coefficient (Wildman–Crippen LogP) is 5.72. The average Bonchev–Trinajstić information content (AvgIpc) is 3.21. The molecule has 3 rings (SSSR count). The highest BCUT2D eigenvalue weighted by atomic mass is 79.9.